The maximum absolute atomic E-state index is 12.1. The van der Waals surface area contributed by atoms with Gasteiger partial charge in [-0.05, 0) is 38.1 Å². The lowest BCUT2D eigenvalue weighted by molar-refractivity contribution is 0.0954. The van der Waals surface area contributed by atoms with Gasteiger partial charge in [0.25, 0.3) is 5.91 Å². The lowest BCUT2D eigenvalue weighted by Gasteiger charge is -2.39. The minimum absolute atomic E-state index is 0. The molecule has 0 unspecified atom stereocenters. The average molecular weight is 492 g/mol. The molecule has 0 aliphatic carbocycles. The van der Waals surface area contributed by atoms with Gasteiger partial charge in [0.1, 0.15) is 5.75 Å². The van der Waals surface area contributed by atoms with Gasteiger partial charge in [-0.15, -0.1) is 24.0 Å². The molecular weight excluding hydrogens is 463 g/mol. The predicted octanol–water partition coefficient (Wildman–Crippen LogP) is 2.45. The molecule has 1 saturated heterocycles. The molecule has 0 atom stereocenters. The third-order valence-corrected chi connectivity index (χ3v) is 5.28. The Morgan fingerprint density at radius 1 is 1.27 bits per heavy atom. The summed E-state index contributed by atoms with van der Waals surface area (Å²) >= 11 is 1.99. The Morgan fingerprint density at radius 3 is 2.50 bits per heavy atom. The van der Waals surface area contributed by atoms with Crippen LogP contribution in [-0.2, 0) is 0 Å². The number of hydrogen-bond acceptors (Lipinski definition) is 4. The lowest BCUT2D eigenvalue weighted by atomic mass is 10.2. The fraction of sp³-hybridized carbons (Fsp3) is 0.556. The Balaban J connectivity index is 0.00000338. The molecule has 0 saturated carbocycles. The van der Waals surface area contributed by atoms with E-state index >= 15 is 0 Å². The number of hydrogen-bond donors (Lipinski definition) is 2. The summed E-state index contributed by atoms with van der Waals surface area (Å²) in [7, 11) is 3.41. The van der Waals surface area contributed by atoms with Crippen molar-refractivity contribution in [3.05, 3.63) is 29.8 Å². The van der Waals surface area contributed by atoms with Gasteiger partial charge in [-0.2, -0.15) is 11.8 Å². The van der Waals surface area contributed by atoms with E-state index in [1.165, 1.54) is 0 Å². The van der Waals surface area contributed by atoms with Crippen LogP contribution in [0.5, 0.6) is 5.75 Å². The Bertz CT molecular complexity index is 608. The number of aliphatic imine (C=N–C) groups is 1. The highest BCUT2D eigenvalue weighted by Gasteiger charge is 2.28. The van der Waals surface area contributed by atoms with Crippen molar-refractivity contribution < 1.29 is 9.53 Å². The van der Waals surface area contributed by atoms with Crippen LogP contribution in [0.3, 0.4) is 0 Å². The summed E-state index contributed by atoms with van der Waals surface area (Å²) in [5.41, 5.74) is 0.625. The molecule has 8 heteroatoms. The summed E-state index contributed by atoms with van der Waals surface area (Å²) in [6.07, 6.45) is 0. The zero-order valence-electron chi connectivity index (χ0n) is 15.9. The molecule has 0 spiro atoms. The van der Waals surface area contributed by atoms with E-state index < -0.39 is 0 Å². The molecule has 2 rings (SSSR count). The highest BCUT2D eigenvalue weighted by molar-refractivity contribution is 14.0. The number of ether oxygens (including phenoxy) is 1. The molecule has 6 nitrogen and oxygen atoms in total. The summed E-state index contributed by atoms with van der Waals surface area (Å²) in [6, 6.07) is 7.08. The zero-order valence-corrected chi connectivity index (χ0v) is 19.0. The minimum atomic E-state index is -0.0880. The zero-order chi connectivity index (χ0) is 18.3. The molecule has 146 valence electrons. The molecular formula is C18H29IN4O2S. The van der Waals surface area contributed by atoms with Crippen molar-refractivity contribution in [2.45, 2.75) is 18.6 Å². The second kappa shape index (κ2) is 10.9. The second-order valence-corrected chi connectivity index (χ2v) is 8.29. The van der Waals surface area contributed by atoms with Crippen molar-refractivity contribution in [1.29, 1.82) is 0 Å². The predicted molar refractivity (Wildman–Crippen MR) is 120 cm³/mol. The summed E-state index contributed by atoms with van der Waals surface area (Å²) < 4.78 is 5.33. The van der Waals surface area contributed by atoms with Crippen molar-refractivity contribution >= 4 is 47.6 Å². The van der Waals surface area contributed by atoms with Crippen molar-refractivity contribution in [3.63, 3.8) is 0 Å². The van der Waals surface area contributed by atoms with E-state index in [4.69, 9.17) is 4.74 Å². The summed E-state index contributed by atoms with van der Waals surface area (Å²) in [4.78, 5) is 18.8. The van der Waals surface area contributed by atoms with Crippen LogP contribution in [0.15, 0.2) is 29.3 Å². The minimum Gasteiger partial charge on any atom is -0.497 e. The molecule has 1 aliphatic rings. The Kier molecular flexibility index (Phi) is 9.56. The molecule has 0 bridgehead atoms. The SMILES string of the molecule is CN=C(NCCNC(=O)c1ccc(OC)cc1)N1CCSC(C)(C)C1.I. The van der Waals surface area contributed by atoms with Crippen molar-refractivity contribution in [2.75, 3.05) is 46.1 Å². The van der Waals surface area contributed by atoms with Crippen molar-refractivity contribution in [2.24, 2.45) is 4.99 Å². The largest absolute Gasteiger partial charge is 0.497 e. The molecule has 1 heterocycles. The monoisotopic (exact) mass is 492 g/mol. The normalized spacial score (nSPS) is 16.5. The number of benzene rings is 1. The number of nitrogens with one attached hydrogen (secondary N) is 2. The Hall–Kier alpha value is -1.16. The number of thioether (sulfide) groups is 1. The van der Waals surface area contributed by atoms with E-state index in [0.29, 0.717) is 18.7 Å². The van der Waals surface area contributed by atoms with Crippen LogP contribution in [-0.4, -0.2) is 67.6 Å². The van der Waals surface area contributed by atoms with Gasteiger partial charge in [0.05, 0.1) is 7.11 Å². The van der Waals surface area contributed by atoms with Crippen LogP contribution in [0, 0.1) is 0 Å². The van der Waals surface area contributed by atoms with Gasteiger partial charge in [-0.25, -0.2) is 0 Å². The number of carbonyl (C=O) groups excluding carboxylic acids is 1. The first-order chi connectivity index (χ1) is 11.9. The van der Waals surface area contributed by atoms with Gasteiger partial charge >= 0.3 is 0 Å². The van der Waals surface area contributed by atoms with Gasteiger partial charge in [0, 0.05) is 49.3 Å². The van der Waals surface area contributed by atoms with Gasteiger partial charge in [0.2, 0.25) is 0 Å². The number of amides is 1. The maximum Gasteiger partial charge on any atom is 0.251 e. The van der Waals surface area contributed by atoms with Gasteiger partial charge in [0.15, 0.2) is 5.96 Å². The van der Waals surface area contributed by atoms with E-state index in [1.807, 2.05) is 11.8 Å². The number of methoxy groups -OCH3 is 1. The topological polar surface area (TPSA) is 66.0 Å². The summed E-state index contributed by atoms with van der Waals surface area (Å²) in [5, 5.41) is 6.25. The maximum atomic E-state index is 12.1. The Morgan fingerprint density at radius 2 is 1.92 bits per heavy atom. The van der Waals surface area contributed by atoms with Crippen LogP contribution in [0.25, 0.3) is 0 Å². The number of guanidine groups is 1. The molecule has 1 aliphatic heterocycles. The molecule has 2 N–H and O–H groups in total. The third-order valence-electron chi connectivity index (χ3n) is 3.98. The van der Waals surface area contributed by atoms with Crippen LogP contribution in [0.2, 0.25) is 0 Å². The highest BCUT2D eigenvalue weighted by atomic mass is 127. The van der Waals surface area contributed by atoms with Gasteiger partial charge in [-0.3, -0.25) is 9.79 Å². The quantitative estimate of drug-likeness (QED) is 0.286. The molecule has 0 aromatic heterocycles. The van der Waals surface area contributed by atoms with Crippen LogP contribution in [0.4, 0.5) is 0 Å². The molecule has 0 radical (unpaired) electrons. The van der Waals surface area contributed by atoms with Crippen molar-refractivity contribution in [3.8, 4) is 5.75 Å². The smallest absolute Gasteiger partial charge is 0.251 e. The number of carbonyl (C=O) groups is 1. The number of nitrogens with zero attached hydrogens (tertiary/aromatic N) is 2. The average Bonchev–Trinajstić information content (AvgIpc) is 2.60. The van der Waals surface area contributed by atoms with E-state index in [2.05, 4.69) is 34.4 Å². The summed E-state index contributed by atoms with van der Waals surface area (Å²) in [5.74, 6) is 2.65. The Labute approximate surface area is 177 Å². The van der Waals surface area contributed by atoms with Crippen molar-refractivity contribution in [1.82, 2.24) is 15.5 Å². The fourth-order valence-electron chi connectivity index (χ4n) is 2.72. The van der Waals surface area contributed by atoms with Crippen LogP contribution in [0.1, 0.15) is 24.2 Å². The van der Waals surface area contributed by atoms with E-state index in [0.717, 1.165) is 30.6 Å². The van der Waals surface area contributed by atoms with E-state index in [1.54, 1.807) is 38.4 Å². The number of rotatable bonds is 5. The summed E-state index contributed by atoms with van der Waals surface area (Å²) in [6.45, 7) is 7.65. The van der Waals surface area contributed by atoms with Gasteiger partial charge in [-0.1, -0.05) is 0 Å². The fourth-order valence-corrected chi connectivity index (χ4v) is 3.84. The lowest BCUT2D eigenvalue weighted by Crippen LogP contribution is -2.51. The highest BCUT2D eigenvalue weighted by Crippen LogP contribution is 2.29. The molecule has 1 aromatic carbocycles. The van der Waals surface area contributed by atoms with Gasteiger partial charge < -0.3 is 20.3 Å². The first kappa shape index (κ1) is 22.9. The molecule has 1 amide bonds. The molecule has 1 aromatic rings. The number of halogens is 1. The first-order valence-electron chi connectivity index (χ1n) is 8.47. The second-order valence-electron chi connectivity index (χ2n) is 6.49. The van der Waals surface area contributed by atoms with E-state index in [-0.39, 0.29) is 34.6 Å². The van der Waals surface area contributed by atoms with E-state index in [9.17, 15) is 4.79 Å². The van der Waals surface area contributed by atoms with Crippen LogP contribution < -0.4 is 15.4 Å². The first-order valence-corrected chi connectivity index (χ1v) is 9.45. The molecule has 26 heavy (non-hydrogen) atoms. The standard InChI is InChI=1S/C18H28N4O2S.HI/c1-18(2)13-22(11-12-25-18)17(19-3)21-10-9-20-16(23)14-5-7-15(24-4)8-6-14;/h5-8H,9-13H2,1-4H3,(H,19,21)(H,20,23);1H. The molecule has 1 fully saturated rings. The third kappa shape index (κ3) is 6.86. The van der Waals surface area contributed by atoms with Crippen LogP contribution >= 0.6 is 35.7 Å².